The SMILES string of the molecule is CCCC(=O)N(c1ccc2ccc3cccc4ccc1c2c34)C(CC)C(C#N)C(OP(O)N(C(C)C)C(C)C)C(c1ccccc1)(c1ccc(OC)cc1)c1ccc(OC)cc1. The Morgan fingerprint density at radius 2 is 1.21 bits per heavy atom. The van der Waals surface area contributed by atoms with E-state index in [1.54, 1.807) is 14.2 Å². The third kappa shape index (κ3) is 8.12. The lowest BCUT2D eigenvalue weighted by Crippen LogP contribution is -2.55. The van der Waals surface area contributed by atoms with Crippen LogP contribution in [0.2, 0.25) is 0 Å². The van der Waals surface area contributed by atoms with E-state index in [4.69, 9.17) is 14.0 Å². The van der Waals surface area contributed by atoms with E-state index < -0.39 is 32.0 Å². The molecule has 7 aromatic rings. The number of nitriles is 1. The van der Waals surface area contributed by atoms with Crippen LogP contribution in [-0.4, -0.2) is 53.9 Å². The first kappa shape index (κ1) is 44.5. The number of methoxy groups -OCH3 is 2. The largest absolute Gasteiger partial charge is 0.497 e. The van der Waals surface area contributed by atoms with Crippen molar-refractivity contribution in [2.75, 3.05) is 19.1 Å². The summed E-state index contributed by atoms with van der Waals surface area (Å²) < 4.78 is 20.7. The Morgan fingerprint density at radius 1 is 0.694 bits per heavy atom. The Bertz CT molecular complexity index is 2560. The summed E-state index contributed by atoms with van der Waals surface area (Å²) in [5.41, 5.74) is 2.03. The van der Waals surface area contributed by atoms with Gasteiger partial charge in [0.2, 0.25) is 5.91 Å². The highest BCUT2D eigenvalue weighted by Crippen LogP contribution is 2.54. The Kier molecular flexibility index (Phi) is 13.8. The molecule has 0 saturated heterocycles. The third-order valence-electron chi connectivity index (χ3n) is 12.3. The predicted octanol–water partition coefficient (Wildman–Crippen LogP) is 12.4. The molecule has 0 aliphatic rings. The molecule has 1 amide bonds. The van der Waals surface area contributed by atoms with Gasteiger partial charge in [-0.15, -0.1) is 0 Å². The van der Waals surface area contributed by atoms with Gasteiger partial charge in [0.15, 0.2) is 0 Å². The summed E-state index contributed by atoms with van der Waals surface area (Å²) in [6.45, 7) is 12.2. The summed E-state index contributed by atoms with van der Waals surface area (Å²) in [7, 11) is 0.968. The predicted molar refractivity (Wildman–Crippen MR) is 254 cm³/mol. The van der Waals surface area contributed by atoms with E-state index >= 15 is 4.79 Å². The second-order valence-electron chi connectivity index (χ2n) is 16.6. The molecule has 8 nitrogen and oxygen atoms in total. The van der Waals surface area contributed by atoms with Gasteiger partial charge in [-0.3, -0.25) is 4.79 Å². The first-order valence-corrected chi connectivity index (χ1v) is 22.9. The van der Waals surface area contributed by atoms with Crippen molar-refractivity contribution in [3.63, 3.8) is 0 Å². The van der Waals surface area contributed by atoms with E-state index in [-0.39, 0.29) is 24.4 Å². The van der Waals surface area contributed by atoms with E-state index in [1.807, 2.05) is 124 Å². The fraction of sp³-hybridized carbons (Fsp3) is 0.321. The van der Waals surface area contributed by atoms with E-state index in [2.05, 4.69) is 66.7 Å². The van der Waals surface area contributed by atoms with Crippen molar-refractivity contribution in [2.24, 2.45) is 5.92 Å². The lowest BCUT2D eigenvalue weighted by Gasteiger charge is -2.48. The first-order valence-electron chi connectivity index (χ1n) is 21.7. The number of hydrogen-bond acceptors (Lipinski definition) is 7. The van der Waals surface area contributed by atoms with Crippen LogP contribution < -0.4 is 14.4 Å². The number of amides is 1. The molecule has 1 N–H and O–H groups in total. The van der Waals surface area contributed by atoms with Gasteiger partial charge in [0, 0.05) is 23.9 Å². The smallest absolute Gasteiger partial charge is 0.256 e. The van der Waals surface area contributed by atoms with Crippen LogP contribution in [0.5, 0.6) is 11.5 Å². The van der Waals surface area contributed by atoms with Crippen molar-refractivity contribution in [3.05, 3.63) is 150 Å². The van der Waals surface area contributed by atoms with Crippen molar-refractivity contribution in [3.8, 4) is 17.6 Å². The van der Waals surface area contributed by atoms with Crippen molar-refractivity contribution < 1.29 is 23.7 Å². The van der Waals surface area contributed by atoms with E-state index in [0.29, 0.717) is 24.3 Å². The van der Waals surface area contributed by atoms with Crippen LogP contribution in [0.3, 0.4) is 0 Å². The van der Waals surface area contributed by atoms with Crippen LogP contribution in [0, 0.1) is 17.2 Å². The van der Waals surface area contributed by atoms with Crippen LogP contribution in [0.4, 0.5) is 5.69 Å². The monoisotopic (exact) mass is 847 g/mol. The Morgan fingerprint density at radius 3 is 1.71 bits per heavy atom. The van der Waals surface area contributed by atoms with Gasteiger partial charge >= 0.3 is 0 Å². The van der Waals surface area contributed by atoms with Crippen molar-refractivity contribution in [2.45, 2.75) is 90.4 Å². The van der Waals surface area contributed by atoms with Gasteiger partial charge in [-0.1, -0.05) is 117 Å². The molecule has 4 unspecified atom stereocenters. The van der Waals surface area contributed by atoms with Gasteiger partial charge in [0.05, 0.1) is 43.4 Å². The molecule has 9 heteroatoms. The summed E-state index contributed by atoms with van der Waals surface area (Å²) in [5, 5.41) is 18.5. The number of benzene rings is 7. The molecule has 7 aromatic carbocycles. The van der Waals surface area contributed by atoms with Crippen LogP contribution in [0.15, 0.2) is 133 Å². The fourth-order valence-corrected chi connectivity index (χ4v) is 11.1. The summed E-state index contributed by atoms with van der Waals surface area (Å²) in [6.07, 6.45) is 0.270. The summed E-state index contributed by atoms with van der Waals surface area (Å²) in [6, 6.07) is 46.7. The number of rotatable bonds is 18. The lowest BCUT2D eigenvalue weighted by atomic mass is 9.62. The van der Waals surface area contributed by atoms with Crippen molar-refractivity contribution in [1.82, 2.24) is 4.67 Å². The Balaban J connectivity index is 1.56. The van der Waals surface area contributed by atoms with Gasteiger partial charge in [-0.25, -0.2) is 4.67 Å². The molecule has 0 spiro atoms. The Labute approximate surface area is 367 Å². The number of hydrogen-bond donors (Lipinski definition) is 1. The topological polar surface area (TPSA) is 95.3 Å². The molecule has 0 aliphatic heterocycles. The van der Waals surface area contributed by atoms with Crippen LogP contribution in [0.1, 0.15) is 77.5 Å². The van der Waals surface area contributed by atoms with Gasteiger partial charge in [-0.2, -0.15) is 5.26 Å². The highest BCUT2D eigenvalue weighted by Gasteiger charge is 2.53. The summed E-state index contributed by atoms with van der Waals surface area (Å²) in [4.78, 5) is 29.5. The second kappa shape index (κ2) is 19.2. The zero-order valence-corrected chi connectivity index (χ0v) is 38.0. The van der Waals surface area contributed by atoms with Crippen LogP contribution >= 0.6 is 8.53 Å². The third-order valence-corrected chi connectivity index (χ3v) is 14.1. The van der Waals surface area contributed by atoms with Crippen LogP contribution in [-0.2, 0) is 14.7 Å². The van der Waals surface area contributed by atoms with Crippen molar-refractivity contribution in [1.29, 1.82) is 5.26 Å². The molecule has 320 valence electrons. The molecule has 0 fully saturated rings. The molecule has 0 saturated carbocycles. The maximum atomic E-state index is 15.1. The molecule has 0 aliphatic carbocycles. The zero-order valence-electron chi connectivity index (χ0n) is 37.1. The molecule has 7 rings (SSSR count). The number of carbonyl (C=O) groups excluding carboxylic acids is 1. The summed E-state index contributed by atoms with van der Waals surface area (Å²) >= 11 is 0. The van der Waals surface area contributed by atoms with Gasteiger partial charge < -0.3 is 23.8 Å². The molecule has 0 heterocycles. The molecule has 0 radical (unpaired) electrons. The molecular formula is C53H58N3O5P. The minimum Gasteiger partial charge on any atom is -0.497 e. The van der Waals surface area contributed by atoms with Crippen molar-refractivity contribution >= 4 is 52.4 Å². The average molecular weight is 848 g/mol. The van der Waals surface area contributed by atoms with Gasteiger partial charge in [-0.05, 0) is 114 Å². The number of carbonyl (C=O) groups is 1. The van der Waals surface area contributed by atoms with Gasteiger partial charge in [0.1, 0.15) is 17.6 Å². The van der Waals surface area contributed by atoms with E-state index in [0.717, 1.165) is 54.7 Å². The van der Waals surface area contributed by atoms with E-state index in [1.165, 1.54) is 0 Å². The average Bonchev–Trinajstić information content (AvgIpc) is 3.29. The number of nitrogens with zero attached hydrogens (tertiary/aromatic N) is 3. The lowest BCUT2D eigenvalue weighted by molar-refractivity contribution is -0.119. The number of ether oxygens (including phenoxy) is 2. The highest BCUT2D eigenvalue weighted by atomic mass is 31.2. The fourth-order valence-electron chi connectivity index (χ4n) is 9.68. The molecule has 62 heavy (non-hydrogen) atoms. The Hall–Kier alpha value is -5.55. The maximum absolute atomic E-state index is 15.1. The zero-order chi connectivity index (χ0) is 44.1. The summed E-state index contributed by atoms with van der Waals surface area (Å²) in [5.74, 6) is 0.269. The minimum atomic E-state index is -2.31. The number of anilines is 1. The first-order chi connectivity index (χ1) is 30.0. The molecule has 0 bridgehead atoms. The molecule has 0 aromatic heterocycles. The molecular weight excluding hydrogens is 790 g/mol. The standard InChI is InChI=1S/C53H58N3O5P/c1-9-15-49(57)55(48-33-23-39-21-20-37-16-14-17-38-22-32-45(48)51(39)50(37)38)47(10-2)46(34-54)52(61-62(58)56(35(3)4)36(5)6)53(40-18-12-11-13-19-40,41-24-28-43(59-7)29-25-41)42-26-30-44(60-8)31-27-42/h11-14,16-33,35-36,46-47,52,58H,9-10,15H2,1-8H3. The van der Waals surface area contributed by atoms with Gasteiger partial charge in [0.25, 0.3) is 8.53 Å². The minimum absolute atomic E-state index is 0.0789. The van der Waals surface area contributed by atoms with E-state index in [9.17, 15) is 10.2 Å². The van der Waals surface area contributed by atoms with Crippen LogP contribution in [0.25, 0.3) is 32.3 Å². The maximum Gasteiger partial charge on any atom is 0.256 e. The highest BCUT2D eigenvalue weighted by molar-refractivity contribution is 7.43. The molecule has 4 atom stereocenters. The normalized spacial score (nSPS) is 14.0. The quantitative estimate of drug-likeness (QED) is 0.0522. The second-order valence-corrected chi connectivity index (χ2v) is 17.7.